The minimum Gasteiger partial charge on any atom is -0.481 e. The van der Waals surface area contributed by atoms with E-state index in [9.17, 15) is 9.59 Å². The lowest BCUT2D eigenvalue weighted by Crippen LogP contribution is -2.25. The number of aliphatic carboxylic acids is 1. The number of carboxylic acid groups (broad SMARTS) is 1. The lowest BCUT2D eigenvalue weighted by Gasteiger charge is -2.08. The molecule has 0 aliphatic heterocycles. The van der Waals surface area contributed by atoms with E-state index in [1.807, 2.05) is 11.6 Å². The maximum Gasteiger partial charge on any atom is 0.303 e. The molecule has 1 aromatic rings. The fraction of sp³-hybridized carbons (Fsp3) is 0.615. The van der Waals surface area contributed by atoms with Crippen molar-refractivity contribution in [2.75, 3.05) is 6.54 Å². The second kappa shape index (κ2) is 6.92. The molecule has 0 fully saturated rings. The van der Waals surface area contributed by atoms with Crippen molar-refractivity contribution in [2.45, 2.75) is 40.2 Å². The average Bonchev–Trinajstić information content (AvgIpc) is 2.65. The Hall–Kier alpha value is -1.85. The highest BCUT2D eigenvalue weighted by Crippen LogP contribution is 2.09. The number of aromatic nitrogens is 2. The molecule has 1 amide bonds. The first-order chi connectivity index (χ1) is 8.91. The SMILES string of the molecule is Cc1c(C(=O)NCCCC(=O)O)cnn1CC(C)C. The van der Waals surface area contributed by atoms with Crippen LogP contribution < -0.4 is 5.32 Å². The van der Waals surface area contributed by atoms with E-state index in [0.29, 0.717) is 24.4 Å². The summed E-state index contributed by atoms with van der Waals surface area (Å²) in [6, 6.07) is 0. The number of carboxylic acids is 1. The number of carbonyl (C=O) groups is 2. The number of hydrogen-bond donors (Lipinski definition) is 2. The first-order valence-electron chi connectivity index (χ1n) is 6.44. The summed E-state index contributed by atoms with van der Waals surface area (Å²) in [6.07, 6.45) is 2.05. The number of carbonyl (C=O) groups excluding carboxylic acids is 1. The zero-order valence-corrected chi connectivity index (χ0v) is 11.6. The molecule has 0 aromatic carbocycles. The summed E-state index contributed by atoms with van der Waals surface area (Å²) >= 11 is 0. The van der Waals surface area contributed by atoms with Crippen LogP contribution in [0.4, 0.5) is 0 Å². The number of nitrogens with zero attached hydrogens (tertiary/aromatic N) is 2. The van der Waals surface area contributed by atoms with Gasteiger partial charge in [0, 0.05) is 25.2 Å². The Morgan fingerprint density at radius 3 is 2.74 bits per heavy atom. The largest absolute Gasteiger partial charge is 0.481 e. The van der Waals surface area contributed by atoms with Gasteiger partial charge in [-0.05, 0) is 19.3 Å². The van der Waals surface area contributed by atoms with Crippen LogP contribution in [-0.2, 0) is 11.3 Å². The zero-order chi connectivity index (χ0) is 14.4. The van der Waals surface area contributed by atoms with Gasteiger partial charge in [-0.25, -0.2) is 0 Å². The van der Waals surface area contributed by atoms with Gasteiger partial charge in [0.25, 0.3) is 5.91 Å². The van der Waals surface area contributed by atoms with Gasteiger partial charge in [0.2, 0.25) is 0 Å². The molecule has 6 heteroatoms. The van der Waals surface area contributed by atoms with E-state index in [2.05, 4.69) is 24.3 Å². The Morgan fingerprint density at radius 1 is 1.47 bits per heavy atom. The molecule has 1 heterocycles. The topological polar surface area (TPSA) is 84.2 Å². The molecule has 0 atom stereocenters. The molecule has 2 N–H and O–H groups in total. The van der Waals surface area contributed by atoms with Crippen LogP contribution in [0.1, 0.15) is 42.7 Å². The molecule has 1 aromatic heterocycles. The van der Waals surface area contributed by atoms with Crippen molar-refractivity contribution in [3.63, 3.8) is 0 Å². The Labute approximate surface area is 112 Å². The molecular weight excluding hydrogens is 246 g/mol. The van der Waals surface area contributed by atoms with Crippen LogP contribution in [0.5, 0.6) is 0 Å². The smallest absolute Gasteiger partial charge is 0.303 e. The van der Waals surface area contributed by atoms with Crippen molar-refractivity contribution in [1.82, 2.24) is 15.1 Å². The van der Waals surface area contributed by atoms with E-state index in [-0.39, 0.29) is 12.3 Å². The van der Waals surface area contributed by atoms with E-state index in [4.69, 9.17) is 5.11 Å². The Morgan fingerprint density at radius 2 is 2.16 bits per heavy atom. The molecule has 0 aliphatic rings. The molecule has 0 saturated carbocycles. The van der Waals surface area contributed by atoms with Crippen molar-refractivity contribution < 1.29 is 14.7 Å². The van der Waals surface area contributed by atoms with Crippen molar-refractivity contribution in [3.8, 4) is 0 Å². The van der Waals surface area contributed by atoms with Gasteiger partial charge in [0.15, 0.2) is 0 Å². The van der Waals surface area contributed by atoms with Crippen molar-refractivity contribution >= 4 is 11.9 Å². The summed E-state index contributed by atoms with van der Waals surface area (Å²) < 4.78 is 1.82. The average molecular weight is 267 g/mol. The minimum absolute atomic E-state index is 0.0614. The molecule has 1 rings (SSSR count). The maximum atomic E-state index is 11.9. The number of nitrogens with one attached hydrogen (secondary N) is 1. The van der Waals surface area contributed by atoms with Gasteiger partial charge < -0.3 is 10.4 Å². The molecular formula is C13H21N3O3. The van der Waals surface area contributed by atoms with Gasteiger partial charge in [-0.3, -0.25) is 14.3 Å². The first-order valence-corrected chi connectivity index (χ1v) is 6.44. The predicted octanol–water partition coefficient (Wildman–Crippen LogP) is 1.44. The van der Waals surface area contributed by atoms with E-state index in [0.717, 1.165) is 12.2 Å². The molecule has 0 bridgehead atoms. The monoisotopic (exact) mass is 267 g/mol. The third-order valence-corrected chi connectivity index (χ3v) is 2.74. The molecule has 6 nitrogen and oxygen atoms in total. The Balaban J connectivity index is 2.53. The van der Waals surface area contributed by atoms with Gasteiger partial charge >= 0.3 is 5.97 Å². The van der Waals surface area contributed by atoms with Crippen LogP contribution >= 0.6 is 0 Å². The van der Waals surface area contributed by atoms with Crippen molar-refractivity contribution in [3.05, 3.63) is 17.5 Å². The van der Waals surface area contributed by atoms with Gasteiger partial charge in [0.05, 0.1) is 11.8 Å². The standard InChI is InChI=1S/C13H21N3O3/c1-9(2)8-16-10(3)11(7-15-16)13(19)14-6-4-5-12(17)18/h7,9H,4-6,8H2,1-3H3,(H,14,19)(H,17,18). The lowest BCUT2D eigenvalue weighted by molar-refractivity contribution is -0.137. The molecule has 106 valence electrons. The van der Waals surface area contributed by atoms with E-state index in [1.54, 1.807) is 6.20 Å². The quantitative estimate of drug-likeness (QED) is 0.732. The molecule has 0 radical (unpaired) electrons. The van der Waals surface area contributed by atoms with Crippen LogP contribution in [0, 0.1) is 12.8 Å². The second-order valence-electron chi connectivity index (χ2n) is 4.97. The highest BCUT2D eigenvalue weighted by molar-refractivity contribution is 5.95. The number of rotatable bonds is 7. The Kier molecular flexibility index (Phi) is 5.54. The van der Waals surface area contributed by atoms with Gasteiger partial charge in [-0.15, -0.1) is 0 Å². The second-order valence-corrected chi connectivity index (χ2v) is 4.97. The van der Waals surface area contributed by atoms with Crippen LogP contribution in [0.25, 0.3) is 0 Å². The van der Waals surface area contributed by atoms with Crippen molar-refractivity contribution in [2.24, 2.45) is 5.92 Å². The van der Waals surface area contributed by atoms with Gasteiger partial charge in [-0.2, -0.15) is 5.10 Å². The van der Waals surface area contributed by atoms with Crippen LogP contribution in [-0.4, -0.2) is 33.3 Å². The molecule has 0 unspecified atom stereocenters. The first kappa shape index (κ1) is 15.2. The third kappa shape index (κ3) is 4.73. The van der Waals surface area contributed by atoms with Crippen LogP contribution in [0.15, 0.2) is 6.20 Å². The number of hydrogen-bond acceptors (Lipinski definition) is 3. The van der Waals surface area contributed by atoms with Crippen LogP contribution in [0.2, 0.25) is 0 Å². The Bertz CT molecular complexity index is 452. The van der Waals surface area contributed by atoms with Gasteiger partial charge in [0.1, 0.15) is 0 Å². The fourth-order valence-electron chi connectivity index (χ4n) is 1.74. The third-order valence-electron chi connectivity index (χ3n) is 2.74. The van der Waals surface area contributed by atoms with E-state index >= 15 is 0 Å². The highest BCUT2D eigenvalue weighted by atomic mass is 16.4. The maximum absolute atomic E-state index is 11.9. The van der Waals surface area contributed by atoms with Crippen LogP contribution in [0.3, 0.4) is 0 Å². The summed E-state index contributed by atoms with van der Waals surface area (Å²) in [5, 5.41) is 15.4. The summed E-state index contributed by atoms with van der Waals surface area (Å²) in [4.78, 5) is 22.2. The summed E-state index contributed by atoms with van der Waals surface area (Å²) in [5.74, 6) is -0.585. The molecule has 19 heavy (non-hydrogen) atoms. The number of amides is 1. The zero-order valence-electron chi connectivity index (χ0n) is 11.6. The summed E-state index contributed by atoms with van der Waals surface area (Å²) in [7, 11) is 0. The highest BCUT2D eigenvalue weighted by Gasteiger charge is 2.14. The molecule has 0 saturated heterocycles. The lowest BCUT2D eigenvalue weighted by atomic mass is 10.2. The minimum atomic E-state index is -0.852. The summed E-state index contributed by atoms with van der Waals surface area (Å²) in [5.41, 5.74) is 1.39. The molecule has 0 spiro atoms. The fourth-order valence-corrected chi connectivity index (χ4v) is 1.74. The van der Waals surface area contributed by atoms with E-state index < -0.39 is 5.97 Å². The predicted molar refractivity (Wildman–Crippen MR) is 71.0 cm³/mol. The normalized spacial score (nSPS) is 10.7. The summed E-state index contributed by atoms with van der Waals surface area (Å²) in [6.45, 7) is 7.18. The molecule has 0 aliphatic carbocycles. The van der Waals surface area contributed by atoms with Gasteiger partial charge in [-0.1, -0.05) is 13.8 Å². The van der Waals surface area contributed by atoms with E-state index in [1.165, 1.54) is 0 Å². The van der Waals surface area contributed by atoms with Crippen molar-refractivity contribution in [1.29, 1.82) is 0 Å².